The van der Waals surface area contributed by atoms with Gasteiger partial charge in [-0.1, -0.05) is 194 Å². The van der Waals surface area contributed by atoms with E-state index in [0.717, 1.165) is 25.7 Å². The molecule has 0 bridgehead atoms. The molecule has 0 unspecified atom stereocenters. The summed E-state index contributed by atoms with van der Waals surface area (Å²) in [5.41, 5.74) is 0. The Hall–Kier alpha value is 0.147. The first kappa shape index (κ1) is 52.7. The van der Waals surface area contributed by atoms with E-state index in [1.54, 1.807) is 0 Å². The Balaban J connectivity index is -0.000000209. The molecule has 0 rings (SSSR count). The molecule has 2 N–H and O–H groups in total. The average Bonchev–Trinajstić information content (AvgIpc) is 2.93. The van der Waals surface area contributed by atoms with E-state index >= 15 is 0 Å². The fraction of sp³-hybridized carbons (Fsp3) is 0.944. The molecular weight excluding hydrogens is 643 g/mol. The third-order valence-corrected chi connectivity index (χ3v) is 7.99. The molecule has 0 amide bonds. The molecule has 7 heteroatoms. The van der Waals surface area contributed by atoms with Crippen LogP contribution in [0.1, 0.15) is 219 Å². The predicted molar refractivity (Wildman–Crippen MR) is 175 cm³/mol. The van der Waals surface area contributed by atoms with Crippen LogP contribution in [0.3, 0.4) is 0 Å². The van der Waals surface area contributed by atoms with E-state index in [-0.39, 0.29) is 44.4 Å². The summed E-state index contributed by atoms with van der Waals surface area (Å²) in [5, 5.41) is 17.0. The number of carboxylic acids is 2. The van der Waals surface area contributed by atoms with Crippen LogP contribution in [0.25, 0.3) is 0 Å². The minimum atomic E-state index is -0.653. The van der Waals surface area contributed by atoms with Crippen LogP contribution in [0, 0.1) is 0 Å². The van der Waals surface area contributed by atoms with E-state index in [9.17, 15) is 9.59 Å². The van der Waals surface area contributed by atoms with Gasteiger partial charge < -0.3 is 15.7 Å². The SMILES string of the molecule is CCCCCCCCCCCCCCCCCC(=O)O.CCCCCCCCCCCCCCCCCC(=O)O.[O-2].[Zn+2].[Zn+2]. The van der Waals surface area contributed by atoms with Crippen molar-refractivity contribution in [3.63, 3.8) is 0 Å². The van der Waals surface area contributed by atoms with Crippen LogP contribution in [0.15, 0.2) is 0 Å². The quantitative estimate of drug-likeness (QED) is 0.0534. The number of rotatable bonds is 32. The van der Waals surface area contributed by atoms with E-state index in [1.165, 1.54) is 167 Å². The van der Waals surface area contributed by atoms with Crippen LogP contribution in [-0.4, -0.2) is 22.2 Å². The molecule has 0 saturated heterocycles. The van der Waals surface area contributed by atoms with Crippen LogP contribution in [-0.2, 0) is 54.0 Å². The zero-order valence-corrected chi connectivity index (χ0v) is 35.1. The second-order valence-electron chi connectivity index (χ2n) is 12.2. The molecule has 0 spiro atoms. The first-order valence-corrected chi connectivity index (χ1v) is 18.0. The molecule has 0 aromatic carbocycles. The number of carboxylic acid groups (broad SMARTS) is 2. The molecule has 0 aromatic heterocycles. The summed E-state index contributed by atoms with van der Waals surface area (Å²) in [6.45, 7) is 4.54. The maximum Gasteiger partial charge on any atom is 2.00 e. The Labute approximate surface area is 294 Å². The van der Waals surface area contributed by atoms with Gasteiger partial charge in [0.15, 0.2) is 0 Å². The van der Waals surface area contributed by atoms with Crippen LogP contribution in [0.2, 0.25) is 0 Å². The van der Waals surface area contributed by atoms with E-state index in [1.807, 2.05) is 0 Å². The van der Waals surface area contributed by atoms with Gasteiger partial charge in [0, 0.05) is 12.8 Å². The van der Waals surface area contributed by atoms with Crippen molar-refractivity contribution >= 4 is 11.9 Å². The zero-order chi connectivity index (χ0) is 29.8. The molecule has 0 radical (unpaired) electrons. The topological polar surface area (TPSA) is 103 Å². The number of carbonyl (C=O) groups is 2. The zero-order valence-electron chi connectivity index (χ0n) is 29.2. The first-order valence-electron chi connectivity index (χ1n) is 18.0. The summed E-state index contributed by atoms with van der Waals surface area (Å²) in [6.07, 6.45) is 40.4. The van der Waals surface area contributed by atoms with Gasteiger partial charge >= 0.3 is 50.9 Å². The molecule has 0 aliphatic rings. The molecule has 0 saturated carbocycles. The monoisotopic (exact) mass is 712 g/mol. The summed E-state index contributed by atoms with van der Waals surface area (Å²) in [5.74, 6) is -1.31. The van der Waals surface area contributed by atoms with Crippen LogP contribution in [0.4, 0.5) is 0 Å². The summed E-state index contributed by atoms with van der Waals surface area (Å²) >= 11 is 0. The Bertz CT molecular complexity index is 462. The number of hydrogen-bond donors (Lipinski definition) is 2. The summed E-state index contributed by atoms with van der Waals surface area (Å²) in [4.78, 5) is 20.7. The van der Waals surface area contributed by atoms with Crippen molar-refractivity contribution in [3.8, 4) is 0 Å². The number of unbranched alkanes of at least 4 members (excludes halogenated alkanes) is 28. The molecule has 5 nitrogen and oxygen atoms in total. The minimum Gasteiger partial charge on any atom is -2.00 e. The maximum atomic E-state index is 10.3. The Morgan fingerprint density at radius 2 is 0.465 bits per heavy atom. The third-order valence-electron chi connectivity index (χ3n) is 7.99. The van der Waals surface area contributed by atoms with E-state index in [2.05, 4.69) is 13.8 Å². The van der Waals surface area contributed by atoms with Gasteiger partial charge in [0.1, 0.15) is 0 Å². The molecule has 248 valence electrons. The molecule has 0 atom stereocenters. The van der Waals surface area contributed by atoms with Crippen LogP contribution >= 0.6 is 0 Å². The second-order valence-corrected chi connectivity index (χ2v) is 12.2. The van der Waals surface area contributed by atoms with Crippen molar-refractivity contribution in [2.45, 2.75) is 219 Å². The fourth-order valence-corrected chi connectivity index (χ4v) is 5.30. The smallest absolute Gasteiger partial charge is 2.00 e. The fourth-order valence-electron chi connectivity index (χ4n) is 5.30. The average molecular weight is 716 g/mol. The van der Waals surface area contributed by atoms with Crippen LogP contribution < -0.4 is 0 Å². The van der Waals surface area contributed by atoms with Gasteiger partial charge in [0.2, 0.25) is 0 Å². The maximum absolute atomic E-state index is 10.3. The van der Waals surface area contributed by atoms with Gasteiger partial charge in [0.25, 0.3) is 0 Å². The van der Waals surface area contributed by atoms with Gasteiger partial charge in [-0.25, -0.2) is 0 Å². The van der Waals surface area contributed by atoms with Gasteiger partial charge in [-0.3, -0.25) is 9.59 Å². The largest absolute Gasteiger partial charge is 2.00 e. The van der Waals surface area contributed by atoms with E-state index < -0.39 is 11.9 Å². The number of aliphatic carboxylic acids is 2. The van der Waals surface area contributed by atoms with Crippen molar-refractivity contribution in [3.05, 3.63) is 0 Å². The Morgan fingerprint density at radius 3 is 0.605 bits per heavy atom. The first-order chi connectivity index (χ1) is 19.5. The van der Waals surface area contributed by atoms with Crippen LogP contribution in [0.5, 0.6) is 0 Å². The van der Waals surface area contributed by atoms with Crippen molar-refractivity contribution in [1.29, 1.82) is 0 Å². The van der Waals surface area contributed by atoms with Crippen molar-refractivity contribution in [2.75, 3.05) is 0 Å². The number of hydrogen-bond acceptors (Lipinski definition) is 2. The molecular formula is C36H72O5Zn2+2. The molecule has 43 heavy (non-hydrogen) atoms. The molecule has 0 aliphatic carbocycles. The normalized spacial score (nSPS) is 10.1. The van der Waals surface area contributed by atoms with E-state index in [4.69, 9.17) is 10.2 Å². The van der Waals surface area contributed by atoms with Gasteiger partial charge in [-0.05, 0) is 12.8 Å². The summed E-state index contributed by atoms with van der Waals surface area (Å²) < 4.78 is 0. The standard InChI is InChI=1S/2C18H36O2.O.2Zn/c2*1-2-3-4-5-6-7-8-9-10-11-12-13-14-15-16-17-18(19)20;;;/h2*2-17H2,1H3,(H,19,20);;;/q;;-2;2*+2. The Morgan fingerprint density at radius 1 is 0.326 bits per heavy atom. The van der Waals surface area contributed by atoms with Crippen molar-refractivity contribution in [2.24, 2.45) is 0 Å². The van der Waals surface area contributed by atoms with Gasteiger partial charge in [-0.15, -0.1) is 0 Å². The van der Waals surface area contributed by atoms with Gasteiger partial charge in [-0.2, -0.15) is 0 Å². The summed E-state index contributed by atoms with van der Waals surface area (Å²) in [6, 6.07) is 0. The van der Waals surface area contributed by atoms with Crippen molar-refractivity contribution < 1.29 is 64.2 Å². The Kier molecular flexibility index (Phi) is 60.1. The van der Waals surface area contributed by atoms with Crippen molar-refractivity contribution in [1.82, 2.24) is 0 Å². The molecule has 0 aliphatic heterocycles. The van der Waals surface area contributed by atoms with E-state index in [0.29, 0.717) is 12.8 Å². The molecule has 0 heterocycles. The third kappa shape index (κ3) is 58.3. The minimum absolute atomic E-state index is 0. The molecule has 0 fully saturated rings. The van der Waals surface area contributed by atoms with Gasteiger partial charge in [0.05, 0.1) is 0 Å². The predicted octanol–water partition coefficient (Wildman–Crippen LogP) is 12.5. The summed E-state index contributed by atoms with van der Waals surface area (Å²) in [7, 11) is 0. The second kappa shape index (κ2) is 49.0. The molecule has 0 aromatic rings.